The smallest absolute Gasteiger partial charge is 0.317 e. The van der Waals surface area contributed by atoms with Crippen molar-refractivity contribution in [2.24, 2.45) is 11.1 Å². The minimum Gasteiger partial charge on any atom is -0.384 e. The van der Waals surface area contributed by atoms with E-state index in [9.17, 15) is 13.2 Å². The van der Waals surface area contributed by atoms with Crippen molar-refractivity contribution in [2.45, 2.75) is 24.3 Å². The van der Waals surface area contributed by atoms with Crippen molar-refractivity contribution in [1.29, 1.82) is 0 Å². The largest absolute Gasteiger partial charge is 0.384 e. The third kappa shape index (κ3) is 5.19. The molecule has 8 heteroatoms. The van der Waals surface area contributed by atoms with Crippen molar-refractivity contribution < 1.29 is 17.9 Å². The van der Waals surface area contributed by atoms with E-state index in [1.807, 2.05) is 0 Å². The maximum absolute atomic E-state index is 12.2. The molecule has 2 rings (SSSR count). The molecule has 0 bridgehead atoms. The summed E-state index contributed by atoms with van der Waals surface area (Å²) in [5, 5.41) is 7.93. The van der Waals surface area contributed by atoms with Gasteiger partial charge in [-0.2, -0.15) is 0 Å². The number of amides is 2. The predicted molar refractivity (Wildman–Crippen MR) is 86.2 cm³/mol. The summed E-state index contributed by atoms with van der Waals surface area (Å²) in [5.41, 5.74) is 0.690. The molecule has 2 amide bonds. The minimum atomic E-state index is -3.73. The van der Waals surface area contributed by atoms with Crippen LogP contribution in [0.5, 0.6) is 0 Å². The maximum Gasteiger partial charge on any atom is 0.317 e. The molecule has 1 aromatic rings. The number of urea groups is 1. The zero-order valence-corrected chi connectivity index (χ0v) is 14.0. The molecule has 1 fully saturated rings. The summed E-state index contributed by atoms with van der Waals surface area (Å²) in [5.74, 6) is 0.366. The monoisotopic (exact) mass is 341 g/mol. The Balaban J connectivity index is 1.91. The molecular formula is C15H23N3O4S. The molecule has 7 nitrogen and oxygen atoms in total. The van der Waals surface area contributed by atoms with Gasteiger partial charge >= 0.3 is 6.03 Å². The van der Waals surface area contributed by atoms with Crippen LogP contribution in [0.25, 0.3) is 0 Å². The third-order valence-electron chi connectivity index (χ3n) is 3.88. The molecule has 1 aliphatic rings. The fourth-order valence-electron chi connectivity index (χ4n) is 2.74. The lowest BCUT2D eigenvalue weighted by molar-refractivity contribution is 0.100. The van der Waals surface area contributed by atoms with Gasteiger partial charge < -0.3 is 15.0 Å². The Bertz CT molecular complexity index is 646. The first kappa shape index (κ1) is 17.7. The Hall–Kier alpha value is -1.64. The molecule has 0 saturated carbocycles. The number of hydrogen-bond donors (Lipinski definition) is 2. The molecule has 0 radical (unpaired) electrons. The van der Waals surface area contributed by atoms with E-state index in [-0.39, 0.29) is 17.5 Å². The Labute approximate surface area is 136 Å². The van der Waals surface area contributed by atoms with Crippen LogP contribution in [-0.4, -0.2) is 46.2 Å². The van der Waals surface area contributed by atoms with E-state index in [4.69, 9.17) is 9.88 Å². The van der Waals surface area contributed by atoms with Crippen LogP contribution in [0.15, 0.2) is 29.2 Å². The van der Waals surface area contributed by atoms with Crippen LogP contribution in [-0.2, 0) is 21.3 Å². The Morgan fingerprint density at radius 1 is 1.48 bits per heavy atom. The summed E-state index contributed by atoms with van der Waals surface area (Å²) in [6.07, 6.45) is 2.02. The predicted octanol–water partition coefficient (Wildman–Crippen LogP) is 0.902. The Kier molecular flexibility index (Phi) is 5.97. The van der Waals surface area contributed by atoms with E-state index in [0.717, 1.165) is 19.4 Å². The summed E-state index contributed by atoms with van der Waals surface area (Å²) in [6.45, 7) is 2.31. The van der Waals surface area contributed by atoms with E-state index in [1.54, 1.807) is 24.1 Å². The number of likely N-dealkylation sites (tertiary alicyclic amines) is 1. The molecule has 0 aromatic heterocycles. The van der Waals surface area contributed by atoms with Crippen molar-refractivity contribution in [2.75, 3.05) is 26.8 Å². The number of nitrogens with zero attached hydrogens (tertiary/aromatic N) is 1. The molecule has 1 aliphatic heterocycles. The third-order valence-corrected chi connectivity index (χ3v) is 4.79. The number of carbonyl (C=O) groups is 1. The van der Waals surface area contributed by atoms with E-state index in [2.05, 4.69) is 5.32 Å². The molecular weight excluding hydrogens is 318 g/mol. The number of piperidine rings is 1. The van der Waals surface area contributed by atoms with Crippen LogP contribution in [0.3, 0.4) is 0 Å². The number of benzene rings is 1. The lowest BCUT2D eigenvalue weighted by Gasteiger charge is -2.32. The summed E-state index contributed by atoms with van der Waals surface area (Å²) in [6, 6.07) is 6.11. The number of hydrogen-bond acceptors (Lipinski definition) is 4. The van der Waals surface area contributed by atoms with E-state index < -0.39 is 10.0 Å². The molecule has 1 saturated heterocycles. The second kappa shape index (κ2) is 7.76. The molecule has 1 heterocycles. The van der Waals surface area contributed by atoms with Crippen molar-refractivity contribution in [3.8, 4) is 0 Å². The van der Waals surface area contributed by atoms with Crippen LogP contribution >= 0.6 is 0 Å². The number of methoxy groups -OCH3 is 1. The SMILES string of the molecule is COC[C@@H]1CCCN(C(=O)NCc2cccc(S(N)(=O)=O)c2)C1. The van der Waals surface area contributed by atoms with Crippen LogP contribution in [0.4, 0.5) is 4.79 Å². The fourth-order valence-corrected chi connectivity index (χ4v) is 3.33. The molecule has 1 aromatic carbocycles. The average Bonchev–Trinajstić information content (AvgIpc) is 2.53. The number of nitrogens with one attached hydrogen (secondary N) is 1. The number of ether oxygens (including phenoxy) is 1. The summed E-state index contributed by atoms with van der Waals surface area (Å²) in [4.78, 5) is 14.1. The van der Waals surface area contributed by atoms with Gasteiger partial charge in [0.1, 0.15) is 0 Å². The highest BCUT2D eigenvalue weighted by molar-refractivity contribution is 7.89. The summed E-state index contributed by atoms with van der Waals surface area (Å²) in [7, 11) is -2.07. The zero-order valence-electron chi connectivity index (χ0n) is 13.2. The van der Waals surface area contributed by atoms with Gasteiger partial charge in [-0.15, -0.1) is 0 Å². The van der Waals surface area contributed by atoms with Crippen molar-refractivity contribution in [3.05, 3.63) is 29.8 Å². The Morgan fingerprint density at radius 3 is 2.96 bits per heavy atom. The number of sulfonamides is 1. The Morgan fingerprint density at radius 2 is 2.26 bits per heavy atom. The van der Waals surface area contributed by atoms with Gasteiger partial charge in [0.05, 0.1) is 11.5 Å². The van der Waals surface area contributed by atoms with Crippen molar-refractivity contribution in [1.82, 2.24) is 10.2 Å². The first-order chi connectivity index (χ1) is 10.9. The van der Waals surface area contributed by atoms with Gasteiger partial charge in [0, 0.05) is 32.7 Å². The topological polar surface area (TPSA) is 102 Å². The highest BCUT2D eigenvalue weighted by Gasteiger charge is 2.23. The quantitative estimate of drug-likeness (QED) is 0.831. The molecule has 0 aliphatic carbocycles. The molecule has 3 N–H and O–H groups in total. The molecule has 1 atom stereocenters. The number of carbonyl (C=O) groups excluding carboxylic acids is 1. The molecule has 0 spiro atoms. The second-order valence-corrected chi connectivity index (χ2v) is 7.32. The van der Waals surface area contributed by atoms with Crippen LogP contribution < -0.4 is 10.5 Å². The van der Waals surface area contributed by atoms with Crippen molar-refractivity contribution >= 4 is 16.1 Å². The number of nitrogens with two attached hydrogens (primary N) is 1. The number of primary sulfonamides is 1. The van der Waals surface area contributed by atoms with Crippen LogP contribution in [0.2, 0.25) is 0 Å². The van der Waals surface area contributed by atoms with E-state index in [0.29, 0.717) is 24.6 Å². The highest BCUT2D eigenvalue weighted by Crippen LogP contribution is 2.17. The van der Waals surface area contributed by atoms with Gasteiger partial charge in [0.25, 0.3) is 0 Å². The van der Waals surface area contributed by atoms with Gasteiger partial charge in [-0.25, -0.2) is 18.4 Å². The van der Waals surface area contributed by atoms with E-state index in [1.165, 1.54) is 12.1 Å². The molecule has 128 valence electrons. The lowest BCUT2D eigenvalue weighted by atomic mass is 9.99. The van der Waals surface area contributed by atoms with Crippen LogP contribution in [0.1, 0.15) is 18.4 Å². The summed E-state index contributed by atoms with van der Waals surface area (Å²) < 4.78 is 27.8. The van der Waals surface area contributed by atoms with Gasteiger partial charge in [-0.1, -0.05) is 12.1 Å². The zero-order chi connectivity index (χ0) is 16.9. The minimum absolute atomic E-state index is 0.0439. The highest BCUT2D eigenvalue weighted by atomic mass is 32.2. The standard InChI is InChI=1S/C15H23N3O4S/c1-22-11-13-5-3-7-18(10-13)15(19)17-9-12-4-2-6-14(8-12)23(16,20)21/h2,4,6,8,13H,3,5,7,9-11H2,1H3,(H,17,19)(H2,16,20,21)/t13-/m1/s1. The fraction of sp³-hybridized carbons (Fsp3) is 0.533. The first-order valence-corrected chi connectivity index (χ1v) is 9.08. The maximum atomic E-state index is 12.2. The van der Waals surface area contributed by atoms with Gasteiger partial charge in [0.2, 0.25) is 10.0 Å². The van der Waals surface area contributed by atoms with Gasteiger partial charge in [-0.3, -0.25) is 0 Å². The summed E-state index contributed by atoms with van der Waals surface area (Å²) >= 11 is 0. The second-order valence-electron chi connectivity index (χ2n) is 5.76. The van der Waals surface area contributed by atoms with Crippen molar-refractivity contribution in [3.63, 3.8) is 0 Å². The van der Waals surface area contributed by atoms with Gasteiger partial charge in [0.15, 0.2) is 0 Å². The van der Waals surface area contributed by atoms with Crippen LogP contribution in [0, 0.1) is 5.92 Å². The normalized spacial score (nSPS) is 18.7. The molecule has 0 unspecified atom stereocenters. The van der Waals surface area contributed by atoms with Gasteiger partial charge in [-0.05, 0) is 30.5 Å². The average molecular weight is 341 g/mol. The first-order valence-electron chi connectivity index (χ1n) is 7.53. The lowest BCUT2D eigenvalue weighted by Crippen LogP contribution is -2.46. The number of rotatable bonds is 5. The molecule has 23 heavy (non-hydrogen) atoms. The van der Waals surface area contributed by atoms with E-state index >= 15 is 0 Å².